The quantitative estimate of drug-likeness (QED) is 0.580. The number of halogens is 2. The Morgan fingerprint density at radius 3 is 2.59 bits per heavy atom. The van der Waals surface area contributed by atoms with Crippen LogP contribution >= 0.6 is 34.5 Å². The molecule has 2 aromatic carbocycles. The average molecular weight is 351 g/mol. The first-order valence-electron chi connectivity index (χ1n) is 7.10. The summed E-state index contributed by atoms with van der Waals surface area (Å²) in [5.74, 6) is 0. The predicted molar refractivity (Wildman–Crippen MR) is 98.5 cm³/mol. The van der Waals surface area contributed by atoms with Crippen molar-refractivity contribution in [2.24, 2.45) is 0 Å². The molecule has 0 saturated carbocycles. The molecule has 3 rings (SSSR count). The lowest BCUT2D eigenvalue weighted by molar-refractivity contribution is 0.714. The summed E-state index contributed by atoms with van der Waals surface area (Å²) in [6.45, 7) is 2.51. The highest BCUT2D eigenvalue weighted by atomic mass is 35.5. The van der Waals surface area contributed by atoms with Gasteiger partial charge >= 0.3 is 0 Å². The monoisotopic (exact) mass is 350 g/mol. The van der Waals surface area contributed by atoms with Crippen molar-refractivity contribution >= 4 is 51.0 Å². The number of fused-ring (bicyclic) bond motifs is 1. The van der Waals surface area contributed by atoms with Gasteiger partial charge in [-0.3, -0.25) is 0 Å². The van der Waals surface area contributed by atoms with Crippen LogP contribution in [0.5, 0.6) is 0 Å². The van der Waals surface area contributed by atoms with Crippen molar-refractivity contribution in [3.05, 3.63) is 62.8 Å². The molecule has 1 heterocycles. The van der Waals surface area contributed by atoms with Gasteiger partial charge in [0.05, 0.1) is 15.0 Å². The largest absolute Gasteiger partial charge is 0.383 e. The van der Waals surface area contributed by atoms with Crippen LogP contribution in [-0.4, -0.2) is 13.1 Å². The molecule has 5 heteroatoms. The van der Waals surface area contributed by atoms with E-state index in [1.807, 2.05) is 36.4 Å². The molecule has 0 aliphatic rings. The smallest absolute Gasteiger partial charge is 0.0931 e. The topological polar surface area (TPSA) is 24.1 Å². The first-order chi connectivity index (χ1) is 10.7. The number of anilines is 1. The van der Waals surface area contributed by atoms with Gasteiger partial charge in [-0.2, -0.15) is 0 Å². The van der Waals surface area contributed by atoms with Gasteiger partial charge in [-0.15, -0.1) is 11.3 Å². The van der Waals surface area contributed by atoms with Gasteiger partial charge in [0.2, 0.25) is 0 Å². The van der Waals surface area contributed by atoms with Gasteiger partial charge in [0.1, 0.15) is 0 Å². The summed E-state index contributed by atoms with van der Waals surface area (Å²) in [6.07, 6.45) is 0. The van der Waals surface area contributed by atoms with Crippen molar-refractivity contribution in [1.29, 1.82) is 0 Å². The Kier molecular flexibility index (Phi) is 5.21. The van der Waals surface area contributed by atoms with E-state index in [9.17, 15) is 0 Å². The van der Waals surface area contributed by atoms with Crippen LogP contribution in [0.15, 0.2) is 48.5 Å². The summed E-state index contributed by atoms with van der Waals surface area (Å²) in [5, 5.41) is 9.79. The normalized spacial score (nSPS) is 11.0. The standard InChI is InChI=1S/C17H16Cl2N2S/c18-16-8-6-13(22-16)11-20-9-10-21-15-7-5-12-3-1-2-4-14(12)17(15)19/h1-8,20-21H,9-11H2. The zero-order valence-electron chi connectivity index (χ0n) is 11.9. The minimum absolute atomic E-state index is 0.781. The van der Waals surface area contributed by atoms with Crippen molar-refractivity contribution in [2.45, 2.75) is 6.54 Å². The number of thiophene rings is 1. The minimum Gasteiger partial charge on any atom is -0.383 e. The van der Waals surface area contributed by atoms with Gasteiger partial charge in [-0.25, -0.2) is 0 Å². The second-order valence-corrected chi connectivity index (χ2v) is 7.14. The Bertz CT molecular complexity index is 770. The van der Waals surface area contributed by atoms with Crippen LogP contribution in [0.25, 0.3) is 10.8 Å². The molecule has 0 fully saturated rings. The van der Waals surface area contributed by atoms with E-state index in [1.54, 1.807) is 11.3 Å². The van der Waals surface area contributed by atoms with Crippen molar-refractivity contribution < 1.29 is 0 Å². The van der Waals surface area contributed by atoms with Gasteiger partial charge in [-0.1, -0.05) is 53.5 Å². The summed E-state index contributed by atoms with van der Waals surface area (Å²) in [6, 6.07) is 16.2. The molecule has 0 amide bonds. The molecule has 1 aromatic heterocycles. The van der Waals surface area contributed by atoms with Crippen molar-refractivity contribution in [3.63, 3.8) is 0 Å². The summed E-state index contributed by atoms with van der Waals surface area (Å²) < 4.78 is 0.831. The molecule has 114 valence electrons. The van der Waals surface area contributed by atoms with E-state index in [0.717, 1.165) is 45.5 Å². The van der Waals surface area contributed by atoms with E-state index in [2.05, 4.69) is 22.8 Å². The highest BCUT2D eigenvalue weighted by Crippen LogP contribution is 2.30. The van der Waals surface area contributed by atoms with Gasteiger partial charge in [0.15, 0.2) is 0 Å². The minimum atomic E-state index is 0.781. The Hall–Kier alpha value is -1.26. The van der Waals surface area contributed by atoms with Gasteiger partial charge in [0.25, 0.3) is 0 Å². The summed E-state index contributed by atoms with van der Waals surface area (Å²) in [7, 11) is 0. The molecular weight excluding hydrogens is 335 g/mol. The molecule has 0 atom stereocenters. The fraction of sp³-hybridized carbons (Fsp3) is 0.176. The summed E-state index contributed by atoms with van der Waals surface area (Å²) >= 11 is 14.0. The zero-order chi connectivity index (χ0) is 15.4. The molecule has 0 unspecified atom stereocenters. The fourth-order valence-corrected chi connectivity index (χ4v) is 3.67. The molecule has 2 N–H and O–H groups in total. The highest BCUT2D eigenvalue weighted by Gasteiger charge is 2.04. The zero-order valence-corrected chi connectivity index (χ0v) is 14.2. The number of hydrogen-bond acceptors (Lipinski definition) is 3. The van der Waals surface area contributed by atoms with Gasteiger partial charge in [0, 0.05) is 29.9 Å². The number of nitrogens with one attached hydrogen (secondary N) is 2. The van der Waals surface area contributed by atoms with Gasteiger partial charge in [-0.05, 0) is 23.6 Å². The molecule has 22 heavy (non-hydrogen) atoms. The SMILES string of the molecule is Clc1ccc(CNCCNc2ccc3ccccc3c2Cl)s1. The van der Waals surface area contributed by atoms with Crippen LogP contribution in [-0.2, 0) is 6.54 Å². The molecule has 0 aliphatic carbocycles. The molecule has 0 radical (unpaired) electrons. The van der Waals surface area contributed by atoms with E-state index in [0.29, 0.717) is 0 Å². The first-order valence-corrected chi connectivity index (χ1v) is 8.67. The first kappa shape index (κ1) is 15.6. The lowest BCUT2D eigenvalue weighted by Crippen LogP contribution is -2.21. The second-order valence-electron chi connectivity index (χ2n) is 4.96. The summed E-state index contributed by atoms with van der Waals surface area (Å²) in [4.78, 5) is 1.24. The maximum absolute atomic E-state index is 6.46. The van der Waals surface area contributed by atoms with Crippen LogP contribution in [0.4, 0.5) is 5.69 Å². The third kappa shape index (κ3) is 3.73. The Morgan fingerprint density at radius 1 is 0.909 bits per heavy atom. The number of benzene rings is 2. The Labute approximate surface area is 144 Å². The molecular formula is C17H16Cl2N2S. The van der Waals surface area contributed by atoms with Crippen LogP contribution in [0.2, 0.25) is 9.36 Å². The van der Waals surface area contributed by atoms with Gasteiger partial charge < -0.3 is 10.6 Å². The molecule has 0 aliphatic heterocycles. The predicted octanol–water partition coefficient (Wildman–Crippen LogP) is 5.41. The fourth-order valence-electron chi connectivity index (χ4n) is 2.31. The lowest BCUT2D eigenvalue weighted by Gasteiger charge is -2.11. The molecule has 0 saturated heterocycles. The molecule has 0 bridgehead atoms. The van der Waals surface area contributed by atoms with Crippen molar-refractivity contribution in [3.8, 4) is 0 Å². The van der Waals surface area contributed by atoms with E-state index in [1.165, 1.54) is 4.88 Å². The third-order valence-corrected chi connectivity index (χ3v) is 5.05. The van der Waals surface area contributed by atoms with Crippen LogP contribution in [0.3, 0.4) is 0 Å². The van der Waals surface area contributed by atoms with E-state index in [-0.39, 0.29) is 0 Å². The van der Waals surface area contributed by atoms with E-state index < -0.39 is 0 Å². The third-order valence-electron chi connectivity index (χ3n) is 3.41. The molecule has 2 nitrogen and oxygen atoms in total. The maximum Gasteiger partial charge on any atom is 0.0931 e. The Morgan fingerprint density at radius 2 is 1.77 bits per heavy atom. The Balaban J connectivity index is 1.52. The number of rotatable bonds is 6. The van der Waals surface area contributed by atoms with E-state index in [4.69, 9.17) is 23.2 Å². The van der Waals surface area contributed by atoms with Crippen LogP contribution in [0.1, 0.15) is 4.88 Å². The highest BCUT2D eigenvalue weighted by molar-refractivity contribution is 7.16. The maximum atomic E-state index is 6.46. The summed E-state index contributed by atoms with van der Waals surface area (Å²) in [5.41, 5.74) is 0.973. The van der Waals surface area contributed by atoms with Crippen LogP contribution < -0.4 is 10.6 Å². The molecule has 0 spiro atoms. The van der Waals surface area contributed by atoms with Crippen LogP contribution in [0, 0.1) is 0 Å². The lowest BCUT2D eigenvalue weighted by atomic mass is 10.1. The average Bonchev–Trinajstić information content (AvgIpc) is 2.95. The molecule has 3 aromatic rings. The van der Waals surface area contributed by atoms with Crippen molar-refractivity contribution in [1.82, 2.24) is 5.32 Å². The second kappa shape index (κ2) is 7.34. The van der Waals surface area contributed by atoms with Crippen molar-refractivity contribution in [2.75, 3.05) is 18.4 Å². The number of hydrogen-bond donors (Lipinski definition) is 2. The van der Waals surface area contributed by atoms with E-state index >= 15 is 0 Å².